The Kier molecular flexibility index (Phi) is 5.34. The molecule has 1 saturated heterocycles. The first-order valence-electron chi connectivity index (χ1n) is 6.08. The lowest BCUT2D eigenvalue weighted by Gasteiger charge is -2.12. The number of hydrazone groups is 1. The number of amides is 1. The van der Waals surface area contributed by atoms with E-state index >= 15 is 0 Å². The molecule has 1 aromatic rings. The molecule has 1 fully saturated rings. The molecular weight excluding hydrogens is 328 g/mol. The normalized spacial score (nSPS) is 14.7. The average molecular weight is 340 g/mol. The Morgan fingerprint density at radius 2 is 2.36 bits per heavy atom. The average Bonchev–Trinajstić information content (AvgIpc) is 2.81. The molecule has 7 nitrogen and oxygen atoms in total. The number of hydrogen-bond donors (Lipinski definition) is 1. The monoisotopic (exact) mass is 340 g/mol. The maximum Gasteiger partial charge on any atom is 0.341 e. The van der Waals surface area contributed by atoms with Gasteiger partial charge >= 0.3 is 5.97 Å². The van der Waals surface area contributed by atoms with Gasteiger partial charge in [0.15, 0.2) is 22.4 Å². The summed E-state index contributed by atoms with van der Waals surface area (Å²) in [6.45, 7) is -0.516. The largest absolute Gasteiger partial charge is 0.493 e. The van der Waals surface area contributed by atoms with Gasteiger partial charge in [0.25, 0.3) is 5.91 Å². The number of methoxy groups -OCH3 is 1. The highest BCUT2D eigenvalue weighted by Crippen LogP contribution is 2.30. The van der Waals surface area contributed by atoms with Gasteiger partial charge in [0.05, 0.1) is 19.1 Å². The first-order chi connectivity index (χ1) is 10.5. The molecule has 22 heavy (non-hydrogen) atoms. The third-order valence-electron chi connectivity index (χ3n) is 2.61. The number of carbonyl (C=O) groups is 2. The first-order valence-corrected chi connectivity index (χ1v) is 7.47. The SMILES string of the molecule is COc1cccc(/C=N/N2C(=O)CSC2=S)c1OCC(=O)O. The second-order valence-electron chi connectivity index (χ2n) is 4.07. The molecule has 0 aromatic heterocycles. The predicted molar refractivity (Wildman–Crippen MR) is 85.6 cm³/mol. The van der Waals surface area contributed by atoms with Crippen LogP contribution in [0.5, 0.6) is 11.5 Å². The number of aliphatic carboxylic acids is 1. The lowest BCUT2D eigenvalue weighted by molar-refractivity contribution is -0.139. The second-order valence-corrected chi connectivity index (χ2v) is 5.67. The molecule has 0 aliphatic carbocycles. The highest BCUT2D eigenvalue weighted by Gasteiger charge is 2.26. The number of carbonyl (C=O) groups excluding carboxylic acids is 1. The van der Waals surface area contributed by atoms with E-state index in [-0.39, 0.29) is 17.4 Å². The van der Waals surface area contributed by atoms with E-state index in [1.807, 2.05) is 0 Å². The molecule has 0 atom stereocenters. The quantitative estimate of drug-likeness (QED) is 0.618. The van der Waals surface area contributed by atoms with E-state index in [1.54, 1.807) is 18.2 Å². The van der Waals surface area contributed by atoms with E-state index in [0.717, 1.165) is 5.01 Å². The number of carboxylic acids is 1. The Balaban J connectivity index is 2.27. The summed E-state index contributed by atoms with van der Waals surface area (Å²) < 4.78 is 10.7. The van der Waals surface area contributed by atoms with Gasteiger partial charge in [-0.3, -0.25) is 4.79 Å². The molecule has 1 N–H and O–H groups in total. The van der Waals surface area contributed by atoms with Gasteiger partial charge in [-0.15, -0.1) is 0 Å². The predicted octanol–water partition coefficient (Wildman–Crippen LogP) is 1.35. The molecular formula is C13H12N2O5S2. The summed E-state index contributed by atoms with van der Waals surface area (Å²) >= 11 is 6.26. The molecule has 0 unspecified atom stereocenters. The molecule has 1 aliphatic rings. The van der Waals surface area contributed by atoms with Crippen molar-refractivity contribution in [1.82, 2.24) is 5.01 Å². The summed E-state index contributed by atoms with van der Waals surface area (Å²) in [6, 6.07) is 5.00. The molecule has 0 saturated carbocycles. The highest BCUT2D eigenvalue weighted by atomic mass is 32.2. The lowest BCUT2D eigenvalue weighted by Crippen LogP contribution is -2.22. The zero-order valence-electron chi connectivity index (χ0n) is 11.5. The van der Waals surface area contributed by atoms with Crippen LogP contribution in [0.4, 0.5) is 0 Å². The molecule has 1 aliphatic heterocycles. The van der Waals surface area contributed by atoms with Crippen LogP contribution in [0.3, 0.4) is 0 Å². The molecule has 0 spiro atoms. The number of benzene rings is 1. The zero-order valence-corrected chi connectivity index (χ0v) is 13.1. The Morgan fingerprint density at radius 1 is 1.59 bits per heavy atom. The number of ether oxygens (including phenoxy) is 2. The van der Waals surface area contributed by atoms with Crippen LogP contribution in [0.25, 0.3) is 0 Å². The van der Waals surface area contributed by atoms with E-state index in [2.05, 4.69) is 5.10 Å². The fraction of sp³-hybridized carbons (Fsp3) is 0.231. The fourth-order valence-corrected chi connectivity index (χ4v) is 2.63. The van der Waals surface area contributed by atoms with Crippen LogP contribution in [0.15, 0.2) is 23.3 Å². The van der Waals surface area contributed by atoms with E-state index in [0.29, 0.717) is 15.6 Å². The fourth-order valence-electron chi connectivity index (χ4n) is 1.66. The van der Waals surface area contributed by atoms with E-state index in [1.165, 1.54) is 25.1 Å². The summed E-state index contributed by atoms with van der Waals surface area (Å²) in [7, 11) is 1.44. The molecule has 9 heteroatoms. The smallest absolute Gasteiger partial charge is 0.341 e. The minimum atomic E-state index is -1.11. The van der Waals surface area contributed by atoms with Crippen LogP contribution in [-0.4, -0.2) is 52.0 Å². The van der Waals surface area contributed by atoms with Crippen molar-refractivity contribution in [1.29, 1.82) is 0 Å². The van der Waals surface area contributed by atoms with Crippen LogP contribution in [-0.2, 0) is 9.59 Å². The second kappa shape index (κ2) is 7.23. The number of nitrogens with zero attached hydrogens (tertiary/aromatic N) is 2. The van der Waals surface area contributed by atoms with Gasteiger partial charge in [-0.2, -0.15) is 10.1 Å². The Morgan fingerprint density at radius 3 is 2.95 bits per heavy atom. The van der Waals surface area contributed by atoms with Crippen LogP contribution in [0, 0.1) is 0 Å². The maximum atomic E-state index is 11.6. The Labute approximate surface area is 135 Å². The summed E-state index contributed by atoms with van der Waals surface area (Å²) in [5.41, 5.74) is 0.480. The summed E-state index contributed by atoms with van der Waals surface area (Å²) in [5, 5.41) is 13.9. The topological polar surface area (TPSA) is 88.4 Å². The van der Waals surface area contributed by atoms with Gasteiger partial charge in [-0.05, 0) is 12.1 Å². The van der Waals surface area contributed by atoms with Crippen molar-refractivity contribution in [2.24, 2.45) is 5.10 Å². The number of rotatable bonds is 6. The minimum absolute atomic E-state index is 0.206. The Hall–Kier alpha value is -2.13. The van der Waals surface area contributed by atoms with Crippen LogP contribution < -0.4 is 9.47 Å². The highest BCUT2D eigenvalue weighted by molar-refractivity contribution is 8.23. The summed E-state index contributed by atoms with van der Waals surface area (Å²) in [6.07, 6.45) is 1.38. The van der Waals surface area contributed by atoms with Crippen molar-refractivity contribution >= 4 is 46.4 Å². The first kappa shape index (κ1) is 16.2. The van der Waals surface area contributed by atoms with Crippen molar-refractivity contribution < 1.29 is 24.2 Å². The third kappa shape index (κ3) is 3.74. The number of carboxylic acid groups (broad SMARTS) is 1. The van der Waals surface area contributed by atoms with Crippen LogP contribution in [0.2, 0.25) is 0 Å². The van der Waals surface area contributed by atoms with Gasteiger partial charge in [0.2, 0.25) is 0 Å². The number of thiocarbonyl (C=S) groups is 1. The van der Waals surface area contributed by atoms with Gasteiger partial charge in [-0.25, -0.2) is 4.79 Å². The molecule has 1 amide bonds. The van der Waals surface area contributed by atoms with Crippen molar-refractivity contribution in [3.05, 3.63) is 23.8 Å². The molecule has 116 valence electrons. The summed E-state index contributed by atoms with van der Waals surface area (Å²) in [4.78, 5) is 22.3. The van der Waals surface area contributed by atoms with Crippen LogP contribution in [0.1, 0.15) is 5.56 Å². The van der Waals surface area contributed by atoms with Crippen molar-refractivity contribution in [3.63, 3.8) is 0 Å². The third-order valence-corrected chi connectivity index (χ3v) is 3.95. The summed E-state index contributed by atoms with van der Waals surface area (Å²) in [5.74, 6) is -0.448. The number of para-hydroxylation sites is 1. The van der Waals surface area contributed by atoms with E-state index in [4.69, 9.17) is 26.8 Å². The van der Waals surface area contributed by atoms with Crippen LogP contribution >= 0.6 is 24.0 Å². The number of thioether (sulfide) groups is 1. The molecule has 1 heterocycles. The van der Waals surface area contributed by atoms with Gasteiger partial charge in [0.1, 0.15) is 0 Å². The van der Waals surface area contributed by atoms with Crippen molar-refractivity contribution in [3.8, 4) is 11.5 Å². The Bertz CT molecular complexity index is 631. The number of hydrogen-bond acceptors (Lipinski definition) is 7. The van der Waals surface area contributed by atoms with E-state index in [9.17, 15) is 9.59 Å². The molecule has 2 rings (SSSR count). The lowest BCUT2D eigenvalue weighted by atomic mass is 10.2. The minimum Gasteiger partial charge on any atom is -0.493 e. The molecule has 0 radical (unpaired) electrons. The zero-order chi connectivity index (χ0) is 16.1. The van der Waals surface area contributed by atoms with Gasteiger partial charge in [0, 0.05) is 5.56 Å². The van der Waals surface area contributed by atoms with Crippen molar-refractivity contribution in [2.45, 2.75) is 0 Å². The van der Waals surface area contributed by atoms with Crippen molar-refractivity contribution in [2.75, 3.05) is 19.5 Å². The van der Waals surface area contributed by atoms with Gasteiger partial charge < -0.3 is 14.6 Å². The maximum absolute atomic E-state index is 11.6. The van der Waals surface area contributed by atoms with Gasteiger partial charge in [-0.1, -0.05) is 30.0 Å². The molecule has 0 bridgehead atoms. The van der Waals surface area contributed by atoms with E-state index < -0.39 is 12.6 Å². The standard InChI is InChI=1S/C13H12N2O5S2/c1-19-9-4-2-3-8(12(9)20-6-11(17)18)5-14-15-10(16)7-22-13(15)21/h2-5H,6-7H2,1H3,(H,17,18)/b14-5+. The molecule has 1 aromatic carbocycles.